The summed E-state index contributed by atoms with van der Waals surface area (Å²) in [4.78, 5) is 13.9. The van der Waals surface area contributed by atoms with Gasteiger partial charge in [0.2, 0.25) is 10.0 Å². The van der Waals surface area contributed by atoms with Gasteiger partial charge in [0.15, 0.2) is 0 Å². The Kier molecular flexibility index (Phi) is 7.23. The third kappa shape index (κ3) is 5.16. The minimum absolute atomic E-state index is 0.115. The molecule has 1 aliphatic rings. The molecule has 3 aromatic rings. The van der Waals surface area contributed by atoms with E-state index in [0.29, 0.717) is 13.2 Å². The highest BCUT2D eigenvalue weighted by Gasteiger charge is 2.28. The monoisotopic (exact) mass is 488 g/mol. The van der Waals surface area contributed by atoms with Crippen LogP contribution in [0.25, 0.3) is 0 Å². The van der Waals surface area contributed by atoms with Crippen LogP contribution in [0, 0.1) is 5.82 Å². The number of rotatable bonds is 7. The van der Waals surface area contributed by atoms with E-state index in [0.717, 1.165) is 29.0 Å². The molecule has 0 bridgehead atoms. The lowest BCUT2D eigenvalue weighted by Gasteiger charge is -2.26. The van der Waals surface area contributed by atoms with E-state index in [2.05, 4.69) is 12.2 Å². The molecule has 2 aromatic carbocycles. The molecule has 0 radical (unpaired) electrons. The number of carbonyl (C=O) groups is 1. The Labute approximate surface area is 197 Å². The maximum Gasteiger partial charge on any atom is 0.255 e. The van der Waals surface area contributed by atoms with Gasteiger partial charge in [-0.25, -0.2) is 12.8 Å². The summed E-state index contributed by atoms with van der Waals surface area (Å²) in [5.74, 6) is -1.45. The van der Waals surface area contributed by atoms with Gasteiger partial charge in [0, 0.05) is 18.0 Å². The molecule has 1 amide bonds. The SMILES string of the molecule is CCc1ccc(C(NC(=O)c2cc(S(=O)(=O)N3CCOCC3)ccc2F)c2cccs2)cc1. The average Bonchev–Trinajstić information content (AvgIpc) is 3.38. The van der Waals surface area contributed by atoms with Crippen LogP contribution in [0.1, 0.15) is 39.3 Å². The van der Waals surface area contributed by atoms with Crippen molar-refractivity contribution < 1.29 is 22.3 Å². The van der Waals surface area contributed by atoms with Crippen LogP contribution < -0.4 is 5.32 Å². The Morgan fingerprint density at radius 2 is 1.88 bits per heavy atom. The van der Waals surface area contributed by atoms with E-state index < -0.39 is 27.8 Å². The van der Waals surface area contributed by atoms with Crippen LogP contribution in [0.2, 0.25) is 0 Å². The Morgan fingerprint density at radius 3 is 2.52 bits per heavy atom. The molecule has 9 heteroatoms. The van der Waals surface area contributed by atoms with Crippen LogP contribution in [0.15, 0.2) is 64.9 Å². The Hall–Kier alpha value is -2.59. The van der Waals surface area contributed by atoms with Gasteiger partial charge in [-0.1, -0.05) is 37.3 Å². The Bertz CT molecular complexity index is 1210. The van der Waals surface area contributed by atoms with Crippen molar-refractivity contribution in [3.8, 4) is 0 Å². The van der Waals surface area contributed by atoms with Crippen molar-refractivity contribution in [1.82, 2.24) is 9.62 Å². The Balaban J connectivity index is 1.64. The quantitative estimate of drug-likeness (QED) is 0.546. The molecule has 174 valence electrons. The summed E-state index contributed by atoms with van der Waals surface area (Å²) in [7, 11) is -3.86. The molecule has 0 spiro atoms. The first-order chi connectivity index (χ1) is 15.9. The van der Waals surface area contributed by atoms with E-state index in [1.54, 1.807) is 0 Å². The molecule has 1 aliphatic heterocycles. The second-order valence-corrected chi connectivity index (χ2v) is 10.6. The second kappa shape index (κ2) is 10.1. The van der Waals surface area contributed by atoms with Crippen molar-refractivity contribution in [2.24, 2.45) is 0 Å². The molecule has 1 atom stereocenters. The molecule has 4 rings (SSSR count). The van der Waals surface area contributed by atoms with Gasteiger partial charge < -0.3 is 10.1 Å². The van der Waals surface area contributed by atoms with E-state index in [9.17, 15) is 17.6 Å². The standard InChI is InChI=1S/C24H25FN2O4S2/c1-2-17-5-7-18(8-6-17)23(22-4-3-15-32-22)26-24(28)20-16-19(9-10-21(20)25)33(29,30)27-11-13-31-14-12-27/h3-10,15-16,23H,2,11-14H2,1H3,(H,26,28). The summed E-state index contributed by atoms with van der Waals surface area (Å²) in [5.41, 5.74) is 1.72. The number of nitrogens with one attached hydrogen (secondary N) is 1. The number of benzene rings is 2. The van der Waals surface area contributed by atoms with E-state index in [1.165, 1.54) is 27.3 Å². The molecular formula is C24H25FN2O4S2. The zero-order valence-corrected chi connectivity index (χ0v) is 19.8. The fourth-order valence-electron chi connectivity index (χ4n) is 3.70. The van der Waals surface area contributed by atoms with Crippen LogP contribution in [0.3, 0.4) is 0 Å². The minimum atomic E-state index is -3.86. The number of sulfonamides is 1. The first-order valence-corrected chi connectivity index (χ1v) is 13.0. The minimum Gasteiger partial charge on any atom is -0.379 e. The van der Waals surface area contributed by atoms with Crippen molar-refractivity contribution >= 4 is 27.3 Å². The van der Waals surface area contributed by atoms with Crippen LogP contribution in [-0.4, -0.2) is 44.9 Å². The van der Waals surface area contributed by atoms with Gasteiger partial charge >= 0.3 is 0 Å². The molecule has 1 aromatic heterocycles. The summed E-state index contributed by atoms with van der Waals surface area (Å²) in [6.45, 7) is 3.10. The van der Waals surface area contributed by atoms with Crippen molar-refractivity contribution in [3.63, 3.8) is 0 Å². The Morgan fingerprint density at radius 1 is 1.15 bits per heavy atom. The highest BCUT2D eigenvalue weighted by molar-refractivity contribution is 7.89. The first-order valence-electron chi connectivity index (χ1n) is 10.7. The van der Waals surface area contributed by atoms with Crippen molar-refractivity contribution in [2.75, 3.05) is 26.3 Å². The lowest BCUT2D eigenvalue weighted by Crippen LogP contribution is -2.40. The van der Waals surface area contributed by atoms with Crippen LogP contribution in [-0.2, 0) is 21.2 Å². The summed E-state index contributed by atoms with van der Waals surface area (Å²) >= 11 is 1.48. The van der Waals surface area contributed by atoms with Gasteiger partial charge in [0.05, 0.1) is 29.7 Å². The third-order valence-corrected chi connectivity index (χ3v) is 8.45. The van der Waals surface area contributed by atoms with Gasteiger partial charge in [-0.3, -0.25) is 4.79 Å². The van der Waals surface area contributed by atoms with Crippen LogP contribution in [0.4, 0.5) is 4.39 Å². The predicted molar refractivity (Wildman–Crippen MR) is 125 cm³/mol. The number of thiophene rings is 1. The average molecular weight is 489 g/mol. The summed E-state index contributed by atoms with van der Waals surface area (Å²) in [6, 6.07) is 14.5. The first kappa shape index (κ1) is 23.6. The number of carbonyl (C=O) groups excluding carboxylic acids is 1. The van der Waals surface area contributed by atoms with E-state index in [-0.39, 0.29) is 23.5 Å². The molecule has 1 saturated heterocycles. The van der Waals surface area contributed by atoms with Gasteiger partial charge in [0.25, 0.3) is 5.91 Å². The maximum atomic E-state index is 14.7. The highest BCUT2D eigenvalue weighted by atomic mass is 32.2. The van der Waals surface area contributed by atoms with Gasteiger partial charge in [0.1, 0.15) is 5.82 Å². The molecule has 1 N–H and O–H groups in total. The maximum absolute atomic E-state index is 14.7. The smallest absolute Gasteiger partial charge is 0.255 e. The molecule has 0 saturated carbocycles. The molecule has 0 aliphatic carbocycles. The topological polar surface area (TPSA) is 75.7 Å². The lowest BCUT2D eigenvalue weighted by molar-refractivity contribution is 0.0730. The molecular weight excluding hydrogens is 463 g/mol. The van der Waals surface area contributed by atoms with Crippen molar-refractivity contribution in [2.45, 2.75) is 24.3 Å². The van der Waals surface area contributed by atoms with Gasteiger partial charge in [-0.2, -0.15) is 4.31 Å². The number of aryl methyl sites for hydroxylation is 1. The lowest BCUT2D eigenvalue weighted by atomic mass is 10.0. The number of hydrogen-bond donors (Lipinski definition) is 1. The molecule has 33 heavy (non-hydrogen) atoms. The van der Waals surface area contributed by atoms with Crippen molar-refractivity contribution in [1.29, 1.82) is 0 Å². The van der Waals surface area contributed by atoms with E-state index in [4.69, 9.17) is 4.74 Å². The van der Waals surface area contributed by atoms with Crippen LogP contribution in [0.5, 0.6) is 0 Å². The zero-order chi connectivity index (χ0) is 23.4. The summed E-state index contributed by atoms with van der Waals surface area (Å²) in [6.07, 6.45) is 0.895. The number of amides is 1. The van der Waals surface area contributed by atoms with E-state index >= 15 is 0 Å². The fraction of sp³-hybridized carbons (Fsp3) is 0.292. The molecule has 2 heterocycles. The van der Waals surface area contributed by atoms with E-state index in [1.807, 2.05) is 41.8 Å². The van der Waals surface area contributed by atoms with Crippen LogP contribution >= 0.6 is 11.3 Å². The highest BCUT2D eigenvalue weighted by Crippen LogP contribution is 2.28. The zero-order valence-electron chi connectivity index (χ0n) is 18.2. The summed E-state index contributed by atoms with van der Waals surface area (Å²) in [5, 5.41) is 4.80. The van der Waals surface area contributed by atoms with Crippen molar-refractivity contribution in [3.05, 3.63) is 87.4 Å². The van der Waals surface area contributed by atoms with Gasteiger partial charge in [-0.05, 0) is 47.2 Å². The third-order valence-electron chi connectivity index (χ3n) is 5.61. The summed E-state index contributed by atoms with van der Waals surface area (Å²) < 4.78 is 47.1. The normalized spacial score (nSPS) is 15.8. The predicted octanol–water partition coefficient (Wildman–Crippen LogP) is 3.99. The molecule has 1 unspecified atom stereocenters. The number of nitrogens with zero attached hydrogens (tertiary/aromatic N) is 1. The largest absolute Gasteiger partial charge is 0.379 e. The number of morpholine rings is 1. The van der Waals surface area contributed by atoms with Gasteiger partial charge in [-0.15, -0.1) is 11.3 Å². The number of halogens is 1. The molecule has 1 fully saturated rings. The fourth-order valence-corrected chi connectivity index (χ4v) is 5.94. The number of ether oxygens (including phenoxy) is 1. The number of hydrogen-bond acceptors (Lipinski definition) is 5. The second-order valence-electron chi connectivity index (χ2n) is 7.68. The molecule has 6 nitrogen and oxygen atoms in total.